The van der Waals surface area contributed by atoms with E-state index in [4.69, 9.17) is 0 Å². The fourth-order valence-electron chi connectivity index (χ4n) is 2.78. The third-order valence-corrected chi connectivity index (χ3v) is 4.29. The molecule has 118 valence electrons. The lowest BCUT2D eigenvalue weighted by atomic mass is 10.1. The maximum Gasteiger partial charge on any atom is 0.269 e. The number of carbonyl (C=O) groups is 1. The molecule has 2 aromatic rings. The molecule has 0 aliphatic heterocycles. The first-order valence-electron chi connectivity index (χ1n) is 7.71. The Morgan fingerprint density at radius 2 is 1.74 bits per heavy atom. The highest BCUT2D eigenvalue weighted by Crippen LogP contribution is 2.37. The number of nitro benzene ring substituents is 1. The van der Waals surface area contributed by atoms with E-state index in [9.17, 15) is 14.9 Å². The van der Waals surface area contributed by atoms with Crippen LogP contribution in [0.1, 0.15) is 30.1 Å². The second-order valence-electron chi connectivity index (χ2n) is 5.89. The maximum absolute atomic E-state index is 13.0. The van der Waals surface area contributed by atoms with E-state index in [1.165, 1.54) is 24.3 Å². The van der Waals surface area contributed by atoms with Crippen LogP contribution in [-0.4, -0.2) is 16.9 Å². The van der Waals surface area contributed by atoms with Crippen LogP contribution in [-0.2, 0) is 0 Å². The van der Waals surface area contributed by atoms with E-state index >= 15 is 0 Å². The number of anilines is 1. The number of rotatable bonds is 5. The normalized spacial score (nSPS) is 15.0. The first kappa shape index (κ1) is 15.2. The molecule has 0 spiro atoms. The Hall–Kier alpha value is -2.69. The van der Waals surface area contributed by atoms with Crippen LogP contribution in [0.25, 0.3) is 0 Å². The average molecular weight is 310 g/mol. The summed E-state index contributed by atoms with van der Waals surface area (Å²) >= 11 is 0. The van der Waals surface area contributed by atoms with Crippen molar-refractivity contribution in [2.24, 2.45) is 5.92 Å². The van der Waals surface area contributed by atoms with Gasteiger partial charge in [0.25, 0.3) is 11.6 Å². The topological polar surface area (TPSA) is 63.5 Å². The van der Waals surface area contributed by atoms with Gasteiger partial charge in [-0.3, -0.25) is 14.9 Å². The predicted molar refractivity (Wildman–Crippen MR) is 88.5 cm³/mol. The van der Waals surface area contributed by atoms with Crippen LogP contribution in [0.2, 0.25) is 0 Å². The molecule has 0 aromatic heterocycles. The molecule has 1 aliphatic rings. The number of carbonyl (C=O) groups excluding carboxylic acids is 1. The van der Waals surface area contributed by atoms with Crippen LogP contribution in [0.5, 0.6) is 0 Å². The van der Waals surface area contributed by atoms with Crippen molar-refractivity contribution in [2.45, 2.75) is 25.8 Å². The number of nitro groups is 1. The lowest BCUT2D eigenvalue weighted by molar-refractivity contribution is -0.384. The van der Waals surface area contributed by atoms with E-state index in [1.807, 2.05) is 30.3 Å². The van der Waals surface area contributed by atoms with Gasteiger partial charge in [-0.25, -0.2) is 0 Å². The van der Waals surface area contributed by atoms with Gasteiger partial charge >= 0.3 is 0 Å². The van der Waals surface area contributed by atoms with Crippen molar-refractivity contribution < 1.29 is 9.72 Å². The molecule has 5 heteroatoms. The summed E-state index contributed by atoms with van der Waals surface area (Å²) in [6.07, 6.45) is 2.27. The van der Waals surface area contributed by atoms with E-state index in [0.29, 0.717) is 11.5 Å². The Labute approximate surface area is 134 Å². The zero-order chi connectivity index (χ0) is 16.4. The standard InChI is InChI=1S/C18H18N2O3/c1-13(14-7-8-14)19(16-5-3-2-4-6-16)18(21)15-9-11-17(12-10-15)20(22)23/h2-6,9-14H,7-8H2,1H3. The third-order valence-electron chi connectivity index (χ3n) is 4.29. The van der Waals surface area contributed by atoms with Gasteiger partial charge in [0.2, 0.25) is 0 Å². The first-order valence-corrected chi connectivity index (χ1v) is 7.71. The molecule has 1 unspecified atom stereocenters. The highest BCUT2D eigenvalue weighted by atomic mass is 16.6. The molecule has 0 heterocycles. The summed E-state index contributed by atoms with van der Waals surface area (Å²) in [6.45, 7) is 2.06. The largest absolute Gasteiger partial charge is 0.305 e. The summed E-state index contributed by atoms with van der Waals surface area (Å²) in [5, 5.41) is 10.8. The summed E-state index contributed by atoms with van der Waals surface area (Å²) in [7, 11) is 0. The summed E-state index contributed by atoms with van der Waals surface area (Å²) in [5.74, 6) is 0.405. The maximum atomic E-state index is 13.0. The van der Waals surface area contributed by atoms with E-state index in [-0.39, 0.29) is 17.6 Å². The van der Waals surface area contributed by atoms with Crippen molar-refractivity contribution in [1.82, 2.24) is 0 Å². The van der Waals surface area contributed by atoms with Gasteiger partial charge in [-0.1, -0.05) is 18.2 Å². The molecule has 0 radical (unpaired) electrons. The fraction of sp³-hybridized carbons (Fsp3) is 0.278. The van der Waals surface area contributed by atoms with Crippen molar-refractivity contribution in [1.29, 1.82) is 0 Å². The van der Waals surface area contributed by atoms with Crippen LogP contribution in [0.4, 0.5) is 11.4 Å². The van der Waals surface area contributed by atoms with E-state index < -0.39 is 4.92 Å². The first-order chi connectivity index (χ1) is 11.1. The van der Waals surface area contributed by atoms with Gasteiger partial charge in [-0.2, -0.15) is 0 Å². The second kappa shape index (κ2) is 6.20. The van der Waals surface area contributed by atoms with Gasteiger partial charge in [0.1, 0.15) is 0 Å². The Morgan fingerprint density at radius 3 is 2.26 bits per heavy atom. The number of hydrogen-bond acceptors (Lipinski definition) is 3. The van der Waals surface area contributed by atoms with Gasteiger partial charge in [-0.05, 0) is 49.9 Å². The number of benzene rings is 2. The van der Waals surface area contributed by atoms with Gasteiger partial charge in [0, 0.05) is 29.4 Å². The predicted octanol–water partition coefficient (Wildman–Crippen LogP) is 4.04. The highest BCUT2D eigenvalue weighted by molar-refractivity contribution is 6.06. The molecule has 3 rings (SSSR count). The molecule has 23 heavy (non-hydrogen) atoms. The lowest BCUT2D eigenvalue weighted by Gasteiger charge is -2.29. The smallest absolute Gasteiger partial charge is 0.269 e. The summed E-state index contributed by atoms with van der Waals surface area (Å²) in [5.41, 5.74) is 1.31. The molecular weight excluding hydrogens is 292 g/mol. The molecule has 1 aliphatic carbocycles. The van der Waals surface area contributed by atoms with Crippen molar-refractivity contribution in [3.63, 3.8) is 0 Å². The molecule has 1 fully saturated rings. The molecular formula is C18H18N2O3. The quantitative estimate of drug-likeness (QED) is 0.618. The van der Waals surface area contributed by atoms with Crippen LogP contribution < -0.4 is 4.90 Å². The van der Waals surface area contributed by atoms with E-state index in [1.54, 1.807) is 4.90 Å². The van der Waals surface area contributed by atoms with E-state index in [0.717, 1.165) is 18.5 Å². The molecule has 2 aromatic carbocycles. The Bertz CT molecular complexity index is 709. The molecule has 0 N–H and O–H groups in total. The molecule has 0 bridgehead atoms. The molecule has 1 amide bonds. The Morgan fingerprint density at radius 1 is 1.13 bits per heavy atom. The lowest BCUT2D eigenvalue weighted by Crippen LogP contribution is -2.40. The summed E-state index contributed by atoms with van der Waals surface area (Å²) < 4.78 is 0. The highest BCUT2D eigenvalue weighted by Gasteiger charge is 2.35. The van der Waals surface area contributed by atoms with Crippen molar-refractivity contribution in [2.75, 3.05) is 4.90 Å². The Balaban J connectivity index is 1.92. The fourth-order valence-corrected chi connectivity index (χ4v) is 2.78. The minimum absolute atomic E-state index is 0.0111. The third kappa shape index (κ3) is 3.23. The molecule has 1 atom stereocenters. The molecule has 1 saturated carbocycles. The minimum Gasteiger partial charge on any atom is -0.305 e. The van der Waals surface area contributed by atoms with Crippen LogP contribution >= 0.6 is 0 Å². The summed E-state index contributed by atoms with van der Waals surface area (Å²) in [6, 6.07) is 15.5. The van der Waals surface area contributed by atoms with Crippen molar-refractivity contribution in [3.05, 3.63) is 70.3 Å². The number of para-hydroxylation sites is 1. The number of hydrogen-bond donors (Lipinski definition) is 0. The van der Waals surface area contributed by atoms with Crippen LogP contribution in [0.15, 0.2) is 54.6 Å². The second-order valence-corrected chi connectivity index (χ2v) is 5.89. The van der Waals surface area contributed by atoms with Crippen LogP contribution in [0.3, 0.4) is 0 Å². The molecule has 5 nitrogen and oxygen atoms in total. The van der Waals surface area contributed by atoms with Crippen LogP contribution in [0, 0.1) is 16.0 Å². The van der Waals surface area contributed by atoms with Crippen molar-refractivity contribution >= 4 is 17.3 Å². The summed E-state index contributed by atoms with van der Waals surface area (Å²) in [4.78, 5) is 25.1. The monoisotopic (exact) mass is 310 g/mol. The number of amides is 1. The zero-order valence-corrected chi connectivity index (χ0v) is 12.9. The van der Waals surface area contributed by atoms with Gasteiger partial charge in [0.05, 0.1) is 4.92 Å². The van der Waals surface area contributed by atoms with Gasteiger partial charge in [0.15, 0.2) is 0 Å². The van der Waals surface area contributed by atoms with Gasteiger partial charge < -0.3 is 4.90 Å². The number of nitrogens with zero attached hydrogens (tertiary/aromatic N) is 2. The van der Waals surface area contributed by atoms with Gasteiger partial charge in [-0.15, -0.1) is 0 Å². The van der Waals surface area contributed by atoms with Crippen molar-refractivity contribution in [3.8, 4) is 0 Å². The molecule has 0 saturated heterocycles. The average Bonchev–Trinajstić information content (AvgIpc) is 3.41. The minimum atomic E-state index is -0.462. The SMILES string of the molecule is CC(C1CC1)N(C(=O)c1ccc([N+](=O)[O-])cc1)c1ccccc1. The Kier molecular flexibility index (Phi) is 4.10. The number of non-ortho nitro benzene ring substituents is 1. The zero-order valence-electron chi connectivity index (χ0n) is 12.9. The van der Waals surface area contributed by atoms with E-state index in [2.05, 4.69) is 6.92 Å².